The Morgan fingerprint density at radius 1 is 0.900 bits per heavy atom. The SMILES string of the molecule is CN(C)CCN(C=O)c1ccc(-c2cccc(-c3cc(-c4ccccc4)nc(N4CCNCC4)c3)c2O)cc1Cl. The van der Waals surface area contributed by atoms with Crippen LogP contribution in [0.5, 0.6) is 5.75 Å². The molecule has 0 spiro atoms. The molecule has 1 aliphatic rings. The predicted octanol–water partition coefficient (Wildman–Crippen LogP) is 5.38. The fourth-order valence-electron chi connectivity index (χ4n) is 4.94. The van der Waals surface area contributed by atoms with E-state index in [-0.39, 0.29) is 5.75 Å². The number of halogens is 1. The second-order valence-corrected chi connectivity index (χ2v) is 10.6. The van der Waals surface area contributed by atoms with Crippen LogP contribution in [0, 0.1) is 0 Å². The molecule has 0 atom stereocenters. The number of hydrogen-bond donors (Lipinski definition) is 2. The van der Waals surface area contributed by atoms with Crippen molar-refractivity contribution in [3.8, 4) is 39.3 Å². The van der Waals surface area contributed by atoms with Gasteiger partial charge in [-0.2, -0.15) is 0 Å². The van der Waals surface area contributed by atoms with E-state index in [1.54, 1.807) is 11.0 Å². The van der Waals surface area contributed by atoms with Crippen LogP contribution in [0.2, 0.25) is 5.02 Å². The first-order valence-electron chi connectivity index (χ1n) is 13.5. The smallest absolute Gasteiger partial charge is 0.214 e. The molecule has 1 amide bonds. The highest BCUT2D eigenvalue weighted by molar-refractivity contribution is 6.34. The Morgan fingerprint density at radius 3 is 2.30 bits per heavy atom. The van der Waals surface area contributed by atoms with Crippen molar-refractivity contribution in [3.05, 3.63) is 83.9 Å². The molecule has 0 bridgehead atoms. The molecule has 2 heterocycles. The number of carbonyl (C=O) groups is 1. The lowest BCUT2D eigenvalue weighted by Crippen LogP contribution is -2.43. The number of anilines is 2. The van der Waals surface area contributed by atoms with E-state index < -0.39 is 0 Å². The topological polar surface area (TPSA) is 71.9 Å². The number of phenols is 1. The van der Waals surface area contributed by atoms with Crippen molar-refractivity contribution in [1.82, 2.24) is 15.2 Å². The summed E-state index contributed by atoms with van der Waals surface area (Å²) in [5, 5.41) is 15.4. The summed E-state index contributed by atoms with van der Waals surface area (Å²) in [4.78, 5) is 22.6. The molecule has 4 aromatic rings. The molecule has 1 aliphatic heterocycles. The van der Waals surface area contributed by atoms with Gasteiger partial charge in [0.05, 0.1) is 16.4 Å². The van der Waals surface area contributed by atoms with Crippen LogP contribution >= 0.6 is 11.6 Å². The number of nitrogens with zero attached hydrogens (tertiary/aromatic N) is 4. The van der Waals surface area contributed by atoms with Gasteiger partial charge in [-0.15, -0.1) is 0 Å². The second-order valence-electron chi connectivity index (χ2n) is 10.2. The molecule has 0 unspecified atom stereocenters. The van der Waals surface area contributed by atoms with Gasteiger partial charge in [-0.1, -0.05) is 66.2 Å². The molecule has 1 saturated heterocycles. The number of para-hydroxylation sites is 1. The van der Waals surface area contributed by atoms with Crippen molar-refractivity contribution < 1.29 is 9.90 Å². The standard InChI is InChI=1S/C32H34ClN5O2/c1-36(2)17-18-38(22-39)30-12-11-24(19-28(30)33)26-9-6-10-27(32(26)40)25-20-29(23-7-4-3-5-8-23)35-31(21-25)37-15-13-34-14-16-37/h3-12,19-22,34,40H,13-18H2,1-2H3. The quantitative estimate of drug-likeness (QED) is 0.270. The van der Waals surface area contributed by atoms with Crippen molar-refractivity contribution in [2.75, 3.05) is 63.2 Å². The third-order valence-corrected chi connectivity index (χ3v) is 7.46. The predicted molar refractivity (Wildman–Crippen MR) is 164 cm³/mol. The molecular weight excluding hydrogens is 522 g/mol. The average molecular weight is 556 g/mol. The first-order chi connectivity index (χ1) is 19.4. The van der Waals surface area contributed by atoms with E-state index >= 15 is 0 Å². The molecule has 1 fully saturated rings. The Balaban J connectivity index is 1.54. The molecule has 0 radical (unpaired) electrons. The summed E-state index contributed by atoms with van der Waals surface area (Å²) in [5.41, 5.74) is 5.56. The van der Waals surface area contributed by atoms with Crippen LogP contribution in [0.25, 0.3) is 33.5 Å². The first kappa shape index (κ1) is 27.6. The highest BCUT2D eigenvalue weighted by Crippen LogP contribution is 2.41. The summed E-state index contributed by atoms with van der Waals surface area (Å²) in [5.74, 6) is 1.06. The van der Waals surface area contributed by atoms with Crippen LogP contribution in [0.15, 0.2) is 78.9 Å². The summed E-state index contributed by atoms with van der Waals surface area (Å²) in [6, 6.07) is 25.5. The van der Waals surface area contributed by atoms with Gasteiger partial charge in [0.25, 0.3) is 0 Å². The van der Waals surface area contributed by atoms with Gasteiger partial charge in [-0.05, 0) is 49.5 Å². The monoisotopic (exact) mass is 555 g/mol. The Kier molecular flexibility index (Phi) is 8.65. The van der Waals surface area contributed by atoms with Gasteiger partial charge < -0.3 is 25.1 Å². The molecule has 8 heteroatoms. The van der Waals surface area contributed by atoms with Crippen molar-refractivity contribution in [1.29, 1.82) is 0 Å². The maximum atomic E-state index is 11.7. The molecule has 5 rings (SSSR count). The Bertz CT molecular complexity index is 1470. The van der Waals surface area contributed by atoms with E-state index in [1.165, 1.54) is 0 Å². The first-order valence-corrected chi connectivity index (χ1v) is 13.8. The number of amides is 1. The highest BCUT2D eigenvalue weighted by Gasteiger charge is 2.19. The fraction of sp³-hybridized carbons (Fsp3) is 0.250. The molecule has 40 heavy (non-hydrogen) atoms. The van der Waals surface area contributed by atoms with Crippen molar-refractivity contribution in [2.45, 2.75) is 0 Å². The molecule has 7 nitrogen and oxygen atoms in total. The number of phenolic OH excluding ortho intramolecular Hbond substituents is 1. The summed E-state index contributed by atoms with van der Waals surface area (Å²) >= 11 is 6.66. The van der Waals surface area contributed by atoms with Crippen molar-refractivity contribution in [3.63, 3.8) is 0 Å². The zero-order chi connectivity index (χ0) is 28.1. The molecular formula is C32H34ClN5O2. The van der Waals surface area contributed by atoms with Crippen molar-refractivity contribution in [2.24, 2.45) is 0 Å². The maximum Gasteiger partial charge on any atom is 0.214 e. The van der Waals surface area contributed by atoms with Gasteiger partial charge in [-0.3, -0.25) is 4.79 Å². The molecule has 3 aromatic carbocycles. The minimum absolute atomic E-state index is 0.169. The Morgan fingerprint density at radius 2 is 1.62 bits per heavy atom. The molecule has 0 aliphatic carbocycles. The van der Waals surface area contributed by atoms with E-state index in [0.29, 0.717) is 34.9 Å². The normalized spacial score (nSPS) is 13.4. The molecule has 1 aromatic heterocycles. The third-order valence-electron chi connectivity index (χ3n) is 7.15. The number of rotatable bonds is 9. The van der Waals surface area contributed by atoms with Crippen LogP contribution in [0.3, 0.4) is 0 Å². The van der Waals surface area contributed by atoms with Gasteiger partial charge in [-0.25, -0.2) is 4.98 Å². The maximum absolute atomic E-state index is 11.7. The number of likely N-dealkylation sites (N-methyl/N-ethyl adjacent to an activating group) is 1. The zero-order valence-electron chi connectivity index (χ0n) is 22.8. The molecule has 206 valence electrons. The third kappa shape index (κ3) is 6.12. The highest BCUT2D eigenvalue weighted by atomic mass is 35.5. The minimum atomic E-state index is 0.169. The van der Waals surface area contributed by atoms with E-state index in [9.17, 15) is 9.90 Å². The Labute approximate surface area is 240 Å². The van der Waals surface area contributed by atoms with Crippen LogP contribution in [-0.2, 0) is 4.79 Å². The van der Waals surface area contributed by atoms with Crippen LogP contribution in [0.4, 0.5) is 11.5 Å². The number of pyridine rings is 1. The number of benzene rings is 3. The lowest BCUT2D eigenvalue weighted by atomic mass is 9.96. The molecule has 0 saturated carbocycles. The average Bonchev–Trinajstić information content (AvgIpc) is 2.99. The Hall–Kier alpha value is -3.91. The zero-order valence-corrected chi connectivity index (χ0v) is 23.6. The lowest BCUT2D eigenvalue weighted by molar-refractivity contribution is -0.107. The van der Waals surface area contributed by atoms with Crippen LogP contribution < -0.4 is 15.1 Å². The number of hydrogen-bond acceptors (Lipinski definition) is 6. The van der Waals surface area contributed by atoms with Gasteiger partial charge in [0.1, 0.15) is 11.6 Å². The summed E-state index contributed by atoms with van der Waals surface area (Å²) < 4.78 is 0. The number of aromatic nitrogens is 1. The van der Waals surface area contributed by atoms with E-state index in [2.05, 4.69) is 28.4 Å². The summed E-state index contributed by atoms with van der Waals surface area (Å²) in [7, 11) is 3.92. The number of nitrogens with one attached hydrogen (secondary N) is 1. The van der Waals surface area contributed by atoms with Gasteiger partial charge >= 0.3 is 0 Å². The van der Waals surface area contributed by atoms with E-state index in [4.69, 9.17) is 16.6 Å². The summed E-state index contributed by atoms with van der Waals surface area (Å²) in [6.07, 6.45) is 0.798. The second kappa shape index (κ2) is 12.5. The van der Waals surface area contributed by atoms with Crippen LogP contribution in [0.1, 0.15) is 0 Å². The number of carbonyl (C=O) groups excluding carboxylic acids is 1. The number of aromatic hydroxyl groups is 1. The fourth-order valence-corrected chi connectivity index (χ4v) is 5.23. The summed E-state index contributed by atoms with van der Waals surface area (Å²) in [6.45, 7) is 4.79. The molecule has 2 N–H and O–H groups in total. The van der Waals surface area contributed by atoms with E-state index in [1.807, 2.05) is 73.6 Å². The van der Waals surface area contributed by atoms with Gasteiger partial charge in [0.15, 0.2) is 0 Å². The van der Waals surface area contributed by atoms with Gasteiger partial charge in [0, 0.05) is 56.0 Å². The lowest BCUT2D eigenvalue weighted by Gasteiger charge is -2.29. The largest absolute Gasteiger partial charge is 0.507 e. The number of piperazine rings is 1. The van der Waals surface area contributed by atoms with E-state index in [0.717, 1.165) is 60.8 Å². The van der Waals surface area contributed by atoms with Crippen molar-refractivity contribution >= 4 is 29.5 Å². The van der Waals surface area contributed by atoms with Crippen LogP contribution in [-0.4, -0.2) is 74.8 Å². The minimum Gasteiger partial charge on any atom is -0.507 e. The van der Waals surface area contributed by atoms with Gasteiger partial charge in [0.2, 0.25) is 6.41 Å².